The highest BCUT2D eigenvalue weighted by molar-refractivity contribution is 5.86. The van der Waals surface area contributed by atoms with Gasteiger partial charge in [-0.25, -0.2) is 9.59 Å². The van der Waals surface area contributed by atoms with Crippen LogP contribution in [0, 0.1) is 5.41 Å². The molecule has 0 aromatic carbocycles. The van der Waals surface area contributed by atoms with E-state index in [0.717, 1.165) is 19.3 Å². The number of nitrogens with one attached hydrogen (secondary N) is 1. The lowest BCUT2D eigenvalue weighted by Gasteiger charge is -2.32. The molecule has 0 aromatic heterocycles. The van der Waals surface area contributed by atoms with Crippen LogP contribution in [0.4, 0.5) is 4.79 Å². The van der Waals surface area contributed by atoms with Crippen molar-refractivity contribution in [2.75, 3.05) is 13.1 Å². The van der Waals surface area contributed by atoms with E-state index in [1.807, 2.05) is 0 Å². The zero-order valence-corrected chi connectivity index (χ0v) is 13.2. The topological polar surface area (TPSA) is 69.6 Å². The van der Waals surface area contributed by atoms with Crippen LogP contribution in [0.5, 0.6) is 0 Å². The first-order valence-electron chi connectivity index (χ1n) is 7.57. The van der Waals surface area contributed by atoms with Crippen LogP contribution in [0.15, 0.2) is 0 Å². The Kier molecular flexibility index (Phi) is 5.42. The van der Waals surface area contributed by atoms with Crippen molar-refractivity contribution in [3.63, 3.8) is 0 Å². The fourth-order valence-corrected chi connectivity index (χ4v) is 2.69. The fraction of sp³-hybridized carbons (Fsp3) is 0.867. The lowest BCUT2D eigenvalue weighted by Crippen LogP contribution is -2.57. The van der Waals surface area contributed by atoms with E-state index in [1.165, 1.54) is 0 Å². The van der Waals surface area contributed by atoms with Crippen LogP contribution >= 0.6 is 0 Å². The number of carboxylic acids is 1. The molecule has 0 bridgehead atoms. The van der Waals surface area contributed by atoms with Crippen molar-refractivity contribution in [2.24, 2.45) is 5.41 Å². The lowest BCUT2D eigenvalue weighted by atomic mass is 9.85. The van der Waals surface area contributed by atoms with Crippen LogP contribution < -0.4 is 5.32 Å². The van der Waals surface area contributed by atoms with Crippen LogP contribution in [0.3, 0.4) is 0 Å². The molecule has 1 saturated heterocycles. The summed E-state index contributed by atoms with van der Waals surface area (Å²) in [4.78, 5) is 25.6. The predicted molar refractivity (Wildman–Crippen MR) is 78.7 cm³/mol. The highest BCUT2D eigenvalue weighted by Gasteiger charge is 2.38. The molecule has 0 radical (unpaired) electrons. The van der Waals surface area contributed by atoms with Gasteiger partial charge in [0.1, 0.15) is 5.54 Å². The predicted octanol–water partition coefficient (Wildman–Crippen LogP) is 2.85. The Morgan fingerprint density at radius 1 is 1.20 bits per heavy atom. The standard InChI is InChI=1S/C15H28N2O3/c1-5-15(6-2,12(18)19)16-13(20)17-10-7-8-14(3,4)9-11-17/h5-11H2,1-4H3,(H,16,20)(H,18,19). The van der Waals surface area contributed by atoms with Crippen LogP contribution in [0.1, 0.15) is 59.8 Å². The molecule has 20 heavy (non-hydrogen) atoms. The molecule has 5 heteroatoms. The molecule has 0 aliphatic carbocycles. The Hall–Kier alpha value is -1.26. The Labute approximate surface area is 121 Å². The highest BCUT2D eigenvalue weighted by atomic mass is 16.4. The smallest absolute Gasteiger partial charge is 0.329 e. The SMILES string of the molecule is CCC(CC)(NC(=O)N1CCCC(C)(C)CC1)C(=O)O. The molecule has 0 unspecified atom stereocenters. The Balaban J connectivity index is 2.72. The third-order valence-electron chi connectivity index (χ3n) is 4.59. The molecule has 5 nitrogen and oxygen atoms in total. The quantitative estimate of drug-likeness (QED) is 0.834. The summed E-state index contributed by atoms with van der Waals surface area (Å²) in [6.45, 7) is 9.43. The second kappa shape index (κ2) is 6.46. The van der Waals surface area contributed by atoms with E-state index in [2.05, 4.69) is 19.2 Å². The molecule has 2 N–H and O–H groups in total. The normalized spacial score (nSPS) is 19.3. The van der Waals surface area contributed by atoms with Gasteiger partial charge in [0.2, 0.25) is 0 Å². The van der Waals surface area contributed by atoms with Crippen molar-refractivity contribution >= 4 is 12.0 Å². The number of hydrogen-bond acceptors (Lipinski definition) is 2. The van der Waals surface area contributed by atoms with Crippen molar-refractivity contribution in [3.05, 3.63) is 0 Å². The van der Waals surface area contributed by atoms with Crippen LogP contribution in [0.25, 0.3) is 0 Å². The molecule has 1 fully saturated rings. The largest absolute Gasteiger partial charge is 0.480 e. The summed E-state index contributed by atoms with van der Waals surface area (Å²) in [6, 6.07) is -0.242. The van der Waals surface area contributed by atoms with Gasteiger partial charge >= 0.3 is 12.0 Å². The maximum absolute atomic E-state index is 12.4. The summed E-state index contributed by atoms with van der Waals surface area (Å²) in [5.74, 6) is -0.953. The van der Waals surface area contributed by atoms with Gasteiger partial charge in [-0.2, -0.15) is 0 Å². The Morgan fingerprint density at radius 3 is 2.30 bits per heavy atom. The van der Waals surface area contributed by atoms with Crippen LogP contribution in [-0.4, -0.2) is 40.6 Å². The number of urea groups is 1. The minimum absolute atomic E-state index is 0.242. The monoisotopic (exact) mass is 284 g/mol. The van der Waals surface area contributed by atoms with Gasteiger partial charge < -0.3 is 15.3 Å². The van der Waals surface area contributed by atoms with E-state index in [-0.39, 0.29) is 11.4 Å². The fourth-order valence-electron chi connectivity index (χ4n) is 2.69. The zero-order valence-electron chi connectivity index (χ0n) is 13.2. The van der Waals surface area contributed by atoms with E-state index in [0.29, 0.717) is 25.9 Å². The van der Waals surface area contributed by atoms with Crippen molar-refractivity contribution in [3.8, 4) is 0 Å². The highest BCUT2D eigenvalue weighted by Crippen LogP contribution is 2.30. The average Bonchev–Trinajstić information content (AvgIpc) is 2.56. The molecule has 0 aromatic rings. The molecule has 1 aliphatic heterocycles. The number of carbonyl (C=O) groups excluding carboxylic acids is 1. The number of aliphatic carboxylic acids is 1. The number of likely N-dealkylation sites (tertiary alicyclic amines) is 1. The first-order valence-corrected chi connectivity index (χ1v) is 7.57. The van der Waals surface area contributed by atoms with E-state index >= 15 is 0 Å². The van der Waals surface area contributed by atoms with Crippen molar-refractivity contribution in [1.29, 1.82) is 0 Å². The van der Waals surface area contributed by atoms with Gasteiger partial charge in [-0.1, -0.05) is 27.7 Å². The first-order chi connectivity index (χ1) is 9.26. The van der Waals surface area contributed by atoms with Crippen molar-refractivity contribution in [2.45, 2.75) is 65.3 Å². The summed E-state index contributed by atoms with van der Waals surface area (Å²) in [7, 11) is 0. The van der Waals surface area contributed by atoms with Gasteiger partial charge in [0.25, 0.3) is 0 Å². The molecule has 1 rings (SSSR count). The third-order valence-corrected chi connectivity index (χ3v) is 4.59. The number of carboxylic acid groups (broad SMARTS) is 1. The average molecular weight is 284 g/mol. The van der Waals surface area contributed by atoms with Gasteiger partial charge in [-0.15, -0.1) is 0 Å². The molecule has 1 heterocycles. The number of rotatable bonds is 4. The summed E-state index contributed by atoms with van der Waals surface area (Å²) in [6.07, 6.45) is 3.81. The summed E-state index contributed by atoms with van der Waals surface area (Å²) in [5, 5.41) is 12.1. The number of amides is 2. The van der Waals surface area contributed by atoms with E-state index in [4.69, 9.17) is 0 Å². The molecular formula is C15H28N2O3. The van der Waals surface area contributed by atoms with Gasteiger partial charge in [-0.05, 0) is 37.5 Å². The molecule has 0 saturated carbocycles. The van der Waals surface area contributed by atoms with Gasteiger partial charge in [0.05, 0.1) is 0 Å². The minimum Gasteiger partial charge on any atom is -0.480 e. The zero-order chi connectivity index (χ0) is 15.4. The molecule has 2 amide bonds. The van der Waals surface area contributed by atoms with E-state index in [1.54, 1.807) is 18.7 Å². The molecule has 0 spiro atoms. The summed E-state index contributed by atoms with van der Waals surface area (Å²) in [5.41, 5.74) is -0.882. The van der Waals surface area contributed by atoms with Crippen LogP contribution in [0.2, 0.25) is 0 Å². The molecule has 116 valence electrons. The first kappa shape index (κ1) is 16.8. The molecular weight excluding hydrogens is 256 g/mol. The Morgan fingerprint density at radius 2 is 1.80 bits per heavy atom. The minimum atomic E-state index is -1.14. The number of carbonyl (C=O) groups is 2. The second-order valence-corrected chi connectivity index (χ2v) is 6.53. The van der Waals surface area contributed by atoms with Crippen LogP contribution in [-0.2, 0) is 4.79 Å². The summed E-state index contributed by atoms with van der Waals surface area (Å²) < 4.78 is 0. The van der Waals surface area contributed by atoms with E-state index in [9.17, 15) is 14.7 Å². The lowest BCUT2D eigenvalue weighted by molar-refractivity contribution is -0.144. The van der Waals surface area contributed by atoms with E-state index < -0.39 is 11.5 Å². The van der Waals surface area contributed by atoms with Gasteiger partial charge in [0.15, 0.2) is 0 Å². The molecule has 1 aliphatic rings. The number of hydrogen-bond donors (Lipinski definition) is 2. The second-order valence-electron chi connectivity index (χ2n) is 6.53. The maximum atomic E-state index is 12.4. The van der Waals surface area contributed by atoms with Gasteiger partial charge in [0, 0.05) is 13.1 Å². The van der Waals surface area contributed by atoms with Crippen molar-refractivity contribution < 1.29 is 14.7 Å². The van der Waals surface area contributed by atoms with Crippen molar-refractivity contribution in [1.82, 2.24) is 10.2 Å². The molecule has 0 atom stereocenters. The number of nitrogens with zero attached hydrogens (tertiary/aromatic N) is 1. The maximum Gasteiger partial charge on any atom is 0.329 e. The Bertz CT molecular complexity index is 362. The third kappa shape index (κ3) is 3.87. The van der Waals surface area contributed by atoms with Gasteiger partial charge in [-0.3, -0.25) is 0 Å². The summed E-state index contributed by atoms with van der Waals surface area (Å²) >= 11 is 0.